The molecule has 4 heteroatoms. The van der Waals surface area contributed by atoms with E-state index in [4.69, 9.17) is 10.4 Å². The molecule has 4 nitrogen and oxygen atoms in total. The van der Waals surface area contributed by atoms with E-state index in [0.717, 1.165) is 6.08 Å². The summed E-state index contributed by atoms with van der Waals surface area (Å²) in [4.78, 5) is 12.0. The lowest BCUT2D eigenvalue weighted by Gasteiger charge is -2.18. The summed E-state index contributed by atoms with van der Waals surface area (Å²) in [5.74, 6) is -1.05. The van der Waals surface area contributed by atoms with E-state index in [9.17, 15) is 4.79 Å². The quantitative estimate of drug-likeness (QED) is 0.646. The monoisotopic (exact) mass is 182 g/mol. The van der Waals surface area contributed by atoms with E-state index in [2.05, 4.69) is 6.07 Å². The fourth-order valence-corrected chi connectivity index (χ4v) is 0.857. The Morgan fingerprint density at radius 2 is 2.38 bits per heavy atom. The van der Waals surface area contributed by atoms with Gasteiger partial charge in [-0.15, -0.1) is 0 Å². The Morgan fingerprint density at radius 3 is 2.77 bits per heavy atom. The maximum Gasteiger partial charge on any atom is 0.329 e. The SMILES string of the molecule is CCN(C=CC(=O)O)CC(C)C#N. The maximum absolute atomic E-state index is 10.2. The zero-order valence-corrected chi connectivity index (χ0v) is 7.90. The van der Waals surface area contributed by atoms with Crippen LogP contribution in [0.3, 0.4) is 0 Å². The van der Waals surface area contributed by atoms with E-state index in [1.54, 1.807) is 11.8 Å². The Labute approximate surface area is 78.1 Å². The van der Waals surface area contributed by atoms with Gasteiger partial charge in [-0.2, -0.15) is 5.26 Å². The molecule has 0 aromatic rings. The van der Waals surface area contributed by atoms with Gasteiger partial charge in [0.05, 0.1) is 12.0 Å². The van der Waals surface area contributed by atoms with Crippen LogP contribution in [0, 0.1) is 17.2 Å². The molecule has 0 radical (unpaired) electrons. The molecule has 0 amide bonds. The van der Waals surface area contributed by atoms with Crippen LogP contribution < -0.4 is 0 Å². The molecule has 0 aliphatic heterocycles. The molecule has 0 aliphatic carbocycles. The van der Waals surface area contributed by atoms with Crippen molar-refractivity contribution in [1.29, 1.82) is 5.26 Å². The molecular weight excluding hydrogens is 168 g/mol. The second-order valence-electron chi connectivity index (χ2n) is 2.77. The Bertz CT molecular complexity index is 230. The smallest absolute Gasteiger partial charge is 0.329 e. The molecule has 0 bridgehead atoms. The number of rotatable bonds is 5. The molecule has 1 unspecified atom stereocenters. The van der Waals surface area contributed by atoms with Crippen LogP contribution in [0.5, 0.6) is 0 Å². The summed E-state index contributed by atoms with van der Waals surface area (Å²) in [6, 6.07) is 2.09. The Kier molecular flexibility index (Phi) is 5.37. The number of hydrogen-bond acceptors (Lipinski definition) is 3. The van der Waals surface area contributed by atoms with Crippen LogP contribution in [-0.4, -0.2) is 29.1 Å². The summed E-state index contributed by atoms with van der Waals surface area (Å²) in [6.45, 7) is 4.99. The van der Waals surface area contributed by atoms with Gasteiger partial charge < -0.3 is 10.0 Å². The second-order valence-corrected chi connectivity index (χ2v) is 2.77. The van der Waals surface area contributed by atoms with Crippen LogP contribution in [-0.2, 0) is 4.79 Å². The highest BCUT2D eigenvalue weighted by Gasteiger charge is 2.03. The predicted molar refractivity (Wildman–Crippen MR) is 48.8 cm³/mol. The van der Waals surface area contributed by atoms with Gasteiger partial charge in [-0.25, -0.2) is 4.79 Å². The third-order valence-electron chi connectivity index (χ3n) is 1.56. The van der Waals surface area contributed by atoms with Crippen LogP contribution in [0.2, 0.25) is 0 Å². The predicted octanol–water partition coefficient (Wildman–Crippen LogP) is 1.07. The van der Waals surface area contributed by atoms with Crippen molar-refractivity contribution in [2.75, 3.05) is 13.1 Å². The molecular formula is C9H14N2O2. The van der Waals surface area contributed by atoms with Crippen LogP contribution in [0.25, 0.3) is 0 Å². The largest absolute Gasteiger partial charge is 0.478 e. The van der Waals surface area contributed by atoms with Gasteiger partial charge >= 0.3 is 5.97 Å². The maximum atomic E-state index is 10.2. The van der Waals surface area contributed by atoms with Crippen molar-refractivity contribution in [2.45, 2.75) is 13.8 Å². The van der Waals surface area contributed by atoms with Gasteiger partial charge in [0.15, 0.2) is 0 Å². The van der Waals surface area contributed by atoms with Gasteiger partial charge in [-0.1, -0.05) is 0 Å². The molecule has 0 saturated carbocycles. The first kappa shape index (κ1) is 11.5. The van der Waals surface area contributed by atoms with Crippen LogP contribution in [0.1, 0.15) is 13.8 Å². The number of carboxylic acids is 1. The third kappa shape index (κ3) is 5.74. The fourth-order valence-electron chi connectivity index (χ4n) is 0.857. The number of nitrogens with zero attached hydrogens (tertiary/aromatic N) is 2. The molecule has 0 spiro atoms. The van der Waals surface area contributed by atoms with Gasteiger partial charge in [0.2, 0.25) is 0 Å². The van der Waals surface area contributed by atoms with E-state index in [0.29, 0.717) is 13.1 Å². The Balaban J connectivity index is 4.05. The highest BCUT2D eigenvalue weighted by Crippen LogP contribution is 1.98. The lowest BCUT2D eigenvalue weighted by Crippen LogP contribution is -2.22. The average molecular weight is 182 g/mol. The number of aliphatic carboxylic acids is 1. The van der Waals surface area contributed by atoms with E-state index in [1.807, 2.05) is 6.92 Å². The highest BCUT2D eigenvalue weighted by molar-refractivity contribution is 5.79. The minimum Gasteiger partial charge on any atom is -0.478 e. The summed E-state index contributed by atoms with van der Waals surface area (Å²) in [5, 5.41) is 16.9. The minimum absolute atomic E-state index is 0.0848. The van der Waals surface area contributed by atoms with E-state index in [-0.39, 0.29) is 5.92 Å². The standard InChI is InChI=1S/C9H14N2O2/c1-3-11(5-4-9(12)13)7-8(2)6-10/h4-5,8H,3,7H2,1-2H3,(H,12,13). The van der Waals surface area contributed by atoms with Crippen molar-refractivity contribution >= 4 is 5.97 Å². The van der Waals surface area contributed by atoms with E-state index < -0.39 is 5.97 Å². The van der Waals surface area contributed by atoms with Crippen molar-refractivity contribution < 1.29 is 9.90 Å². The summed E-state index contributed by atoms with van der Waals surface area (Å²) in [5.41, 5.74) is 0. The Hall–Kier alpha value is -1.50. The first-order chi connectivity index (χ1) is 6.10. The zero-order valence-electron chi connectivity index (χ0n) is 7.90. The summed E-state index contributed by atoms with van der Waals surface area (Å²) >= 11 is 0. The van der Waals surface area contributed by atoms with Crippen LogP contribution in [0.4, 0.5) is 0 Å². The van der Waals surface area contributed by atoms with E-state index >= 15 is 0 Å². The molecule has 0 fully saturated rings. The molecule has 1 atom stereocenters. The lowest BCUT2D eigenvalue weighted by molar-refractivity contribution is -0.131. The topological polar surface area (TPSA) is 64.3 Å². The number of nitriles is 1. The molecule has 0 aliphatic rings. The molecule has 0 saturated heterocycles. The normalized spacial score (nSPS) is 12.4. The lowest BCUT2D eigenvalue weighted by atomic mass is 10.2. The first-order valence-electron chi connectivity index (χ1n) is 4.15. The molecule has 13 heavy (non-hydrogen) atoms. The average Bonchev–Trinajstić information content (AvgIpc) is 2.11. The molecule has 0 aromatic heterocycles. The molecule has 1 N–H and O–H groups in total. The van der Waals surface area contributed by atoms with Crippen molar-refractivity contribution in [3.8, 4) is 6.07 Å². The van der Waals surface area contributed by atoms with Crippen molar-refractivity contribution in [3.05, 3.63) is 12.3 Å². The summed E-state index contributed by atoms with van der Waals surface area (Å²) < 4.78 is 0. The van der Waals surface area contributed by atoms with Gasteiger partial charge in [0.1, 0.15) is 0 Å². The van der Waals surface area contributed by atoms with Crippen molar-refractivity contribution in [3.63, 3.8) is 0 Å². The molecule has 0 rings (SSSR count). The van der Waals surface area contributed by atoms with Gasteiger partial charge in [-0.3, -0.25) is 0 Å². The van der Waals surface area contributed by atoms with Gasteiger partial charge in [-0.05, 0) is 13.8 Å². The van der Waals surface area contributed by atoms with Crippen LogP contribution >= 0.6 is 0 Å². The van der Waals surface area contributed by atoms with Gasteiger partial charge in [0.25, 0.3) is 0 Å². The summed E-state index contributed by atoms with van der Waals surface area (Å²) in [6.07, 6.45) is 2.57. The Morgan fingerprint density at radius 1 is 1.77 bits per heavy atom. The molecule has 0 heterocycles. The van der Waals surface area contributed by atoms with Crippen LogP contribution in [0.15, 0.2) is 12.3 Å². The fraction of sp³-hybridized carbons (Fsp3) is 0.556. The third-order valence-corrected chi connectivity index (χ3v) is 1.56. The molecule has 72 valence electrons. The number of carbonyl (C=O) groups is 1. The summed E-state index contributed by atoms with van der Waals surface area (Å²) in [7, 11) is 0. The highest BCUT2D eigenvalue weighted by atomic mass is 16.4. The van der Waals surface area contributed by atoms with Crippen molar-refractivity contribution in [1.82, 2.24) is 4.90 Å². The molecule has 0 aromatic carbocycles. The van der Waals surface area contributed by atoms with Gasteiger partial charge in [0, 0.05) is 25.4 Å². The number of hydrogen-bond donors (Lipinski definition) is 1. The first-order valence-corrected chi connectivity index (χ1v) is 4.15. The zero-order chi connectivity index (χ0) is 10.3. The second kappa shape index (κ2) is 6.06. The van der Waals surface area contributed by atoms with Crippen molar-refractivity contribution in [2.24, 2.45) is 5.92 Å². The number of carboxylic acid groups (broad SMARTS) is 1. The minimum atomic E-state index is -0.969. The van der Waals surface area contributed by atoms with E-state index in [1.165, 1.54) is 6.20 Å².